The summed E-state index contributed by atoms with van der Waals surface area (Å²) in [6, 6.07) is 0. The van der Waals surface area contributed by atoms with Crippen molar-refractivity contribution in [3.8, 4) is 0 Å². The molecule has 0 bridgehead atoms. The molecule has 0 saturated carbocycles. The van der Waals surface area contributed by atoms with Gasteiger partial charge >= 0.3 is 0 Å². The fraction of sp³-hybridized carbons (Fsp3) is 0.667. The second kappa shape index (κ2) is 6.01. The molecule has 0 aromatic carbocycles. The largest absolute Gasteiger partial charge is 0.316 e. The van der Waals surface area contributed by atoms with E-state index in [9.17, 15) is 4.79 Å². The fourth-order valence-electron chi connectivity index (χ4n) is 1.80. The third-order valence-corrected chi connectivity index (χ3v) is 3.03. The number of hydrogen-bond acceptors (Lipinski definition) is 2. The summed E-state index contributed by atoms with van der Waals surface area (Å²) in [7, 11) is 0. The molecule has 0 spiro atoms. The van der Waals surface area contributed by atoms with Crippen LogP contribution in [0.25, 0.3) is 0 Å². The van der Waals surface area contributed by atoms with Gasteiger partial charge in [-0.2, -0.15) is 0 Å². The van der Waals surface area contributed by atoms with Crippen LogP contribution in [0, 0.1) is 0 Å². The van der Waals surface area contributed by atoms with E-state index in [-0.39, 0.29) is 5.91 Å². The van der Waals surface area contributed by atoms with Crippen LogP contribution in [0.4, 0.5) is 0 Å². The number of rotatable bonds is 5. The molecule has 0 aromatic rings. The molecule has 3 heteroatoms. The van der Waals surface area contributed by atoms with Crippen LogP contribution in [-0.4, -0.2) is 10.9 Å². The van der Waals surface area contributed by atoms with Crippen molar-refractivity contribution in [3.05, 3.63) is 11.1 Å². The molecule has 0 aromatic heterocycles. The molecular formula is C12H19NOS. The summed E-state index contributed by atoms with van der Waals surface area (Å²) < 4.78 is 0. The molecule has 1 fully saturated rings. The highest BCUT2D eigenvalue weighted by atomic mass is 32.1. The third kappa shape index (κ3) is 3.74. The predicted molar refractivity (Wildman–Crippen MR) is 66.8 cm³/mol. The van der Waals surface area contributed by atoms with Crippen LogP contribution in [0.2, 0.25) is 0 Å². The molecule has 0 unspecified atom stereocenters. The Morgan fingerprint density at radius 3 is 2.67 bits per heavy atom. The Labute approximate surface area is 97.1 Å². The van der Waals surface area contributed by atoms with E-state index < -0.39 is 0 Å². The number of carbonyl (C=O) groups is 1. The van der Waals surface area contributed by atoms with Gasteiger partial charge in [0.1, 0.15) is 0 Å². The average molecular weight is 225 g/mol. The highest BCUT2D eigenvalue weighted by molar-refractivity contribution is 7.80. The van der Waals surface area contributed by atoms with Crippen molar-refractivity contribution < 1.29 is 4.79 Å². The fourth-order valence-corrected chi connectivity index (χ4v) is 2.04. The molecule has 1 aliphatic rings. The Morgan fingerprint density at radius 1 is 1.40 bits per heavy atom. The van der Waals surface area contributed by atoms with E-state index in [0.29, 0.717) is 11.4 Å². The molecule has 1 heterocycles. The minimum absolute atomic E-state index is 0.0213. The molecule has 1 rings (SSSR count). The summed E-state index contributed by atoms with van der Waals surface area (Å²) in [5.41, 5.74) is 2.11. The molecule has 15 heavy (non-hydrogen) atoms. The van der Waals surface area contributed by atoms with Gasteiger partial charge in [-0.1, -0.05) is 44.0 Å². The Morgan fingerprint density at radius 2 is 2.13 bits per heavy atom. The van der Waals surface area contributed by atoms with E-state index in [1.54, 1.807) is 0 Å². The molecule has 84 valence electrons. The van der Waals surface area contributed by atoms with E-state index >= 15 is 0 Å². The number of amides is 1. The van der Waals surface area contributed by atoms with Gasteiger partial charge < -0.3 is 5.32 Å². The van der Waals surface area contributed by atoms with E-state index in [1.807, 2.05) is 0 Å². The smallest absolute Gasteiger partial charge is 0.252 e. The summed E-state index contributed by atoms with van der Waals surface area (Å²) >= 11 is 4.98. The molecule has 0 radical (unpaired) electrons. The van der Waals surface area contributed by atoms with Crippen LogP contribution in [0.5, 0.6) is 0 Å². The van der Waals surface area contributed by atoms with Gasteiger partial charge in [0.05, 0.1) is 4.99 Å². The zero-order chi connectivity index (χ0) is 11.3. The zero-order valence-corrected chi connectivity index (χ0v) is 10.4. The SMILES string of the molecule is CCCCCC/C(C)=C1\CC(=S)NC1=O. The van der Waals surface area contributed by atoms with Crippen molar-refractivity contribution in [2.24, 2.45) is 0 Å². The van der Waals surface area contributed by atoms with E-state index in [4.69, 9.17) is 12.2 Å². The average Bonchev–Trinajstić information content (AvgIpc) is 2.52. The number of allylic oxidation sites excluding steroid dienone is 1. The summed E-state index contributed by atoms with van der Waals surface area (Å²) in [4.78, 5) is 12.1. The van der Waals surface area contributed by atoms with Gasteiger partial charge in [-0.25, -0.2) is 0 Å². The maximum atomic E-state index is 11.5. The second-order valence-electron chi connectivity index (χ2n) is 4.12. The molecule has 0 atom stereocenters. The summed E-state index contributed by atoms with van der Waals surface area (Å²) in [6.45, 7) is 4.25. The highest BCUT2D eigenvalue weighted by Gasteiger charge is 2.22. The van der Waals surface area contributed by atoms with Crippen molar-refractivity contribution in [2.75, 3.05) is 0 Å². The number of unbranched alkanes of at least 4 members (excludes halogenated alkanes) is 3. The van der Waals surface area contributed by atoms with Gasteiger partial charge in [-0.3, -0.25) is 4.79 Å². The van der Waals surface area contributed by atoms with Gasteiger partial charge in [0.2, 0.25) is 0 Å². The van der Waals surface area contributed by atoms with Gasteiger partial charge in [-0.15, -0.1) is 0 Å². The van der Waals surface area contributed by atoms with Crippen LogP contribution < -0.4 is 5.32 Å². The van der Waals surface area contributed by atoms with Crippen LogP contribution in [-0.2, 0) is 4.79 Å². The molecule has 2 nitrogen and oxygen atoms in total. The minimum Gasteiger partial charge on any atom is -0.316 e. The van der Waals surface area contributed by atoms with Gasteiger partial charge in [0.15, 0.2) is 0 Å². The monoisotopic (exact) mass is 225 g/mol. The zero-order valence-electron chi connectivity index (χ0n) is 9.56. The van der Waals surface area contributed by atoms with E-state index in [1.165, 1.54) is 31.3 Å². The van der Waals surface area contributed by atoms with Crippen LogP contribution in [0.1, 0.15) is 52.4 Å². The van der Waals surface area contributed by atoms with Crippen molar-refractivity contribution in [3.63, 3.8) is 0 Å². The first-order chi connectivity index (χ1) is 7.15. The van der Waals surface area contributed by atoms with Crippen molar-refractivity contribution in [2.45, 2.75) is 52.4 Å². The third-order valence-electron chi connectivity index (χ3n) is 2.78. The summed E-state index contributed by atoms with van der Waals surface area (Å²) in [5.74, 6) is 0.0213. The first-order valence-corrected chi connectivity index (χ1v) is 6.08. The molecule has 0 aliphatic carbocycles. The first kappa shape index (κ1) is 12.4. The lowest BCUT2D eigenvalue weighted by molar-refractivity contribution is -0.115. The Kier molecular flexibility index (Phi) is 4.95. The highest BCUT2D eigenvalue weighted by Crippen LogP contribution is 2.20. The maximum absolute atomic E-state index is 11.5. The predicted octanol–water partition coefficient (Wildman–Crippen LogP) is 3.12. The summed E-state index contributed by atoms with van der Waals surface area (Å²) in [6.07, 6.45) is 6.66. The normalized spacial score (nSPS) is 19.3. The number of thiocarbonyl (C=S) groups is 1. The Bertz CT molecular complexity index is 294. The molecule has 1 N–H and O–H groups in total. The van der Waals surface area contributed by atoms with E-state index in [2.05, 4.69) is 19.2 Å². The van der Waals surface area contributed by atoms with E-state index in [0.717, 1.165) is 12.0 Å². The molecular weight excluding hydrogens is 206 g/mol. The number of nitrogens with one attached hydrogen (secondary N) is 1. The summed E-state index contributed by atoms with van der Waals surface area (Å²) in [5, 5.41) is 2.68. The van der Waals surface area contributed by atoms with Gasteiger partial charge in [-0.05, 0) is 19.8 Å². The molecule has 1 aliphatic heterocycles. The first-order valence-electron chi connectivity index (χ1n) is 5.68. The van der Waals surface area contributed by atoms with Crippen molar-refractivity contribution in [1.82, 2.24) is 5.32 Å². The topological polar surface area (TPSA) is 29.1 Å². The van der Waals surface area contributed by atoms with Gasteiger partial charge in [0, 0.05) is 12.0 Å². The second-order valence-corrected chi connectivity index (χ2v) is 4.62. The Balaban J connectivity index is 2.43. The number of carbonyl (C=O) groups excluding carboxylic acids is 1. The minimum atomic E-state index is 0.0213. The lowest BCUT2D eigenvalue weighted by Gasteiger charge is -2.03. The lowest BCUT2D eigenvalue weighted by atomic mass is 10.0. The quantitative estimate of drug-likeness (QED) is 0.442. The van der Waals surface area contributed by atoms with Crippen LogP contribution >= 0.6 is 12.2 Å². The van der Waals surface area contributed by atoms with Crippen LogP contribution in [0.15, 0.2) is 11.1 Å². The van der Waals surface area contributed by atoms with Crippen molar-refractivity contribution >= 4 is 23.1 Å². The standard InChI is InChI=1S/C12H19NOS/c1-3-4-5-6-7-9(2)10-8-11(15)13-12(10)14/h3-8H2,1-2H3,(H,13,14,15)/b10-9+. The van der Waals surface area contributed by atoms with Crippen LogP contribution in [0.3, 0.4) is 0 Å². The Hall–Kier alpha value is -0.700. The molecule has 1 saturated heterocycles. The van der Waals surface area contributed by atoms with Crippen molar-refractivity contribution in [1.29, 1.82) is 0 Å². The maximum Gasteiger partial charge on any atom is 0.252 e. The van der Waals surface area contributed by atoms with Gasteiger partial charge in [0.25, 0.3) is 5.91 Å². The lowest BCUT2D eigenvalue weighted by Crippen LogP contribution is -2.18. The number of hydrogen-bond donors (Lipinski definition) is 1. The molecule has 1 amide bonds.